The number of halogens is 3. The fourth-order valence-corrected chi connectivity index (χ4v) is 2.51. The molecule has 0 aliphatic heterocycles. The second kappa shape index (κ2) is 2.94. The van der Waals surface area contributed by atoms with Crippen LogP contribution < -0.4 is 0 Å². The molecule has 1 heterocycles. The van der Waals surface area contributed by atoms with E-state index in [0.29, 0.717) is 9.98 Å². The first-order valence-electron chi connectivity index (χ1n) is 3.08. The molecule has 0 atom stereocenters. The first-order valence-corrected chi connectivity index (χ1v) is 5.07. The Kier molecular flexibility index (Phi) is 2.06. The highest BCUT2D eigenvalue weighted by atomic mass is 79.9. The third-order valence-corrected chi connectivity index (χ3v) is 3.54. The van der Waals surface area contributed by atoms with Crippen molar-refractivity contribution in [2.45, 2.75) is 0 Å². The van der Waals surface area contributed by atoms with Gasteiger partial charge in [-0.3, -0.25) is 0 Å². The van der Waals surface area contributed by atoms with Crippen LogP contribution in [0.15, 0.2) is 16.6 Å². The summed E-state index contributed by atoms with van der Waals surface area (Å²) in [6.07, 6.45) is 0. The highest BCUT2D eigenvalue weighted by Gasteiger charge is 2.09. The van der Waals surface area contributed by atoms with Gasteiger partial charge < -0.3 is 0 Å². The van der Waals surface area contributed by atoms with Crippen LogP contribution in [-0.4, -0.2) is 4.98 Å². The van der Waals surface area contributed by atoms with Gasteiger partial charge in [0, 0.05) is 4.47 Å². The number of thiazole rings is 1. The average Bonchev–Trinajstić information content (AvgIpc) is 2.41. The van der Waals surface area contributed by atoms with Crippen molar-refractivity contribution in [3.63, 3.8) is 0 Å². The third-order valence-electron chi connectivity index (χ3n) is 1.42. The molecule has 0 radical (unpaired) electrons. The Hall–Kier alpha value is -0.190. The highest BCUT2D eigenvalue weighted by Crippen LogP contribution is 2.33. The summed E-state index contributed by atoms with van der Waals surface area (Å²) in [5.74, 6) is -0.337. The largest absolute Gasteiger partial charge is 0.222 e. The Bertz CT molecular complexity index is 403. The molecule has 2 rings (SSSR count). The molecule has 1 aromatic carbocycles. The maximum absolute atomic E-state index is 13.0. The van der Waals surface area contributed by atoms with Gasteiger partial charge in [-0.15, -0.1) is 11.3 Å². The van der Waals surface area contributed by atoms with E-state index in [0.717, 1.165) is 9.17 Å². The van der Waals surface area contributed by atoms with Crippen molar-refractivity contribution in [2.24, 2.45) is 0 Å². The minimum absolute atomic E-state index is 0.333. The van der Waals surface area contributed by atoms with Crippen molar-refractivity contribution in [3.05, 3.63) is 26.9 Å². The first kappa shape index (κ1) is 8.41. The Morgan fingerprint density at radius 2 is 2.25 bits per heavy atom. The van der Waals surface area contributed by atoms with Gasteiger partial charge in [-0.2, -0.15) is 0 Å². The zero-order valence-electron chi connectivity index (χ0n) is 5.64. The molecule has 0 fully saturated rings. The van der Waals surface area contributed by atoms with Gasteiger partial charge in [0.1, 0.15) is 11.3 Å². The fourth-order valence-electron chi connectivity index (χ4n) is 0.919. The molecular weight excluding hydrogens is 265 g/mol. The molecule has 0 unspecified atom stereocenters. The van der Waals surface area contributed by atoms with Crippen LogP contribution >= 0.6 is 38.9 Å². The van der Waals surface area contributed by atoms with Gasteiger partial charge in [0.15, 0.2) is 4.47 Å². The summed E-state index contributed by atoms with van der Waals surface area (Å²) in [5, 5.41) is 0. The van der Waals surface area contributed by atoms with E-state index < -0.39 is 0 Å². The maximum Gasteiger partial charge on any atom is 0.184 e. The Morgan fingerprint density at radius 3 is 2.92 bits per heavy atom. The van der Waals surface area contributed by atoms with Crippen LogP contribution in [0.5, 0.6) is 0 Å². The molecule has 0 aliphatic rings. The first-order chi connectivity index (χ1) is 5.68. The predicted octanol–water partition coefficient (Wildman–Crippen LogP) is 3.85. The number of nitrogens with zero attached hydrogens (tertiary/aromatic N) is 1. The van der Waals surface area contributed by atoms with Crippen LogP contribution in [0.2, 0.25) is 4.47 Å². The van der Waals surface area contributed by atoms with Crippen LogP contribution in [0.25, 0.3) is 10.2 Å². The number of rotatable bonds is 0. The summed E-state index contributed by atoms with van der Waals surface area (Å²) in [6, 6.07) is 3.01. The molecule has 0 saturated heterocycles. The lowest BCUT2D eigenvalue weighted by atomic mass is 10.3. The SMILES string of the molecule is Fc1ccc(Br)c2sc(Cl)nc12. The number of benzene rings is 1. The van der Waals surface area contributed by atoms with Crippen molar-refractivity contribution in [3.8, 4) is 0 Å². The molecule has 0 N–H and O–H groups in total. The van der Waals surface area contributed by atoms with E-state index >= 15 is 0 Å². The van der Waals surface area contributed by atoms with E-state index in [9.17, 15) is 4.39 Å². The Morgan fingerprint density at radius 1 is 1.50 bits per heavy atom. The van der Waals surface area contributed by atoms with Crippen LogP contribution in [0, 0.1) is 5.82 Å². The lowest BCUT2D eigenvalue weighted by molar-refractivity contribution is 0.637. The molecule has 0 saturated carbocycles. The number of hydrogen-bond acceptors (Lipinski definition) is 2. The van der Waals surface area contributed by atoms with E-state index in [1.807, 2.05) is 0 Å². The topological polar surface area (TPSA) is 12.9 Å². The van der Waals surface area contributed by atoms with Gasteiger partial charge in [-0.05, 0) is 28.1 Å². The second-order valence-corrected chi connectivity index (χ2v) is 4.61. The van der Waals surface area contributed by atoms with E-state index in [-0.39, 0.29) is 5.82 Å². The van der Waals surface area contributed by atoms with Crippen molar-refractivity contribution in [1.29, 1.82) is 0 Å². The van der Waals surface area contributed by atoms with Gasteiger partial charge in [0.25, 0.3) is 0 Å². The average molecular weight is 267 g/mol. The molecule has 1 nitrogen and oxygen atoms in total. The molecule has 5 heteroatoms. The second-order valence-electron chi connectivity index (χ2n) is 2.17. The minimum atomic E-state index is -0.337. The smallest absolute Gasteiger partial charge is 0.184 e. The van der Waals surface area contributed by atoms with Gasteiger partial charge >= 0.3 is 0 Å². The van der Waals surface area contributed by atoms with Gasteiger partial charge in [0.2, 0.25) is 0 Å². The monoisotopic (exact) mass is 265 g/mol. The quantitative estimate of drug-likeness (QED) is 0.706. The highest BCUT2D eigenvalue weighted by molar-refractivity contribution is 9.10. The standard InChI is InChI=1S/C7H2BrClFNS/c8-3-1-2-4(10)5-6(3)12-7(9)11-5/h1-2H. The molecule has 1 aromatic heterocycles. The van der Waals surface area contributed by atoms with E-state index in [1.165, 1.54) is 17.4 Å². The van der Waals surface area contributed by atoms with Crippen LogP contribution in [0.3, 0.4) is 0 Å². The maximum atomic E-state index is 13.0. The Labute approximate surface area is 85.3 Å². The molecule has 12 heavy (non-hydrogen) atoms. The number of aromatic nitrogens is 1. The minimum Gasteiger partial charge on any atom is -0.222 e. The van der Waals surface area contributed by atoms with Gasteiger partial charge in [0.05, 0.1) is 4.70 Å². The lowest BCUT2D eigenvalue weighted by Crippen LogP contribution is -1.76. The molecular formula is C7H2BrClFNS. The van der Waals surface area contributed by atoms with Crippen molar-refractivity contribution in [2.75, 3.05) is 0 Å². The summed E-state index contributed by atoms with van der Waals surface area (Å²) >= 11 is 10.2. The molecule has 62 valence electrons. The molecule has 0 spiro atoms. The fraction of sp³-hybridized carbons (Fsp3) is 0. The number of hydrogen-bond donors (Lipinski definition) is 0. The summed E-state index contributed by atoms with van der Waals surface area (Å²) in [6.45, 7) is 0. The summed E-state index contributed by atoms with van der Waals surface area (Å²) < 4.78 is 15.0. The molecule has 0 amide bonds. The molecule has 2 aromatic rings. The van der Waals surface area contributed by atoms with Crippen molar-refractivity contribution in [1.82, 2.24) is 4.98 Å². The third kappa shape index (κ3) is 1.24. The van der Waals surface area contributed by atoms with Crippen molar-refractivity contribution < 1.29 is 4.39 Å². The summed E-state index contributed by atoms with van der Waals surface area (Å²) in [4.78, 5) is 3.85. The zero-order valence-corrected chi connectivity index (χ0v) is 8.80. The van der Waals surface area contributed by atoms with Crippen LogP contribution in [0.4, 0.5) is 4.39 Å². The normalized spacial score (nSPS) is 10.9. The van der Waals surface area contributed by atoms with E-state index in [2.05, 4.69) is 20.9 Å². The van der Waals surface area contributed by atoms with Crippen LogP contribution in [-0.2, 0) is 0 Å². The van der Waals surface area contributed by atoms with E-state index in [4.69, 9.17) is 11.6 Å². The van der Waals surface area contributed by atoms with Crippen molar-refractivity contribution >= 4 is 49.1 Å². The number of fused-ring (bicyclic) bond motifs is 1. The lowest BCUT2D eigenvalue weighted by Gasteiger charge is -1.91. The van der Waals surface area contributed by atoms with E-state index in [1.54, 1.807) is 6.07 Å². The Balaban J connectivity index is 2.93. The van der Waals surface area contributed by atoms with Gasteiger partial charge in [-0.25, -0.2) is 9.37 Å². The predicted molar refractivity (Wildman–Crippen MR) is 52.3 cm³/mol. The zero-order chi connectivity index (χ0) is 8.72. The van der Waals surface area contributed by atoms with Gasteiger partial charge in [-0.1, -0.05) is 11.6 Å². The molecule has 0 bridgehead atoms. The summed E-state index contributed by atoms with van der Waals surface area (Å²) in [7, 11) is 0. The van der Waals surface area contributed by atoms with Crippen LogP contribution in [0.1, 0.15) is 0 Å². The summed E-state index contributed by atoms with van der Waals surface area (Å²) in [5.41, 5.74) is 0.333. The molecule has 0 aliphatic carbocycles.